The third-order valence-corrected chi connectivity index (χ3v) is 3.58. The van der Waals surface area contributed by atoms with Crippen LogP contribution in [0.15, 0.2) is 40.9 Å². The van der Waals surface area contributed by atoms with Gasteiger partial charge in [-0.3, -0.25) is 0 Å². The Kier molecular flexibility index (Phi) is 4.27. The van der Waals surface area contributed by atoms with E-state index in [1.54, 1.807) is 0 Å². The van der Waals surface area contributed by atoms with Crippen molar-refractivity contribution in [3.05, 3.63) is 57.0 Å². The fraction of sp³-hybridized carbons (Fsp3) is 0.143. The molecule has 2 aromatic carbocycles. The van der Waals surface area contributed by atoms with Crippen LogP contribution in [0, 0.1) is 6.92 Å². The highest BCUT2D eigenvalue weighted by Gasteiger charge is 2.04. The first kappa shape index (κ1) is 13.4. The minimum atomic E-state index is 0.501. The molecule has 2 nitrogen and oxygen atoms in total. The van der Waals surface area contributed by atoms with Gasteiger partial charge in [0.25, 0.3) is 0 Å². The summed E-state index contributed by atoms with van der Waals surface area (Å²) >= 11 is 9.38. The Bertz CT molecular complexity index is 572. The number of hydrogen-bond donors (Lipinski definition) is 1. The first-order valence-electron chi connectivity index (χ1n) is 5.52. The molecular weight excluding hydrogens is 314 g/mol. The number of rotatable bonds is 3. The standard InChI is InChI=1S/C14H13BrClNO/c1-9-6-11(16)3-5-14(9)18-12-4-2-10(8-17)13(15)7-12/h2-7H,8,17H2,1H3. The summed E-state index contributed by atoms with van der Waals surface area (Å²) in [5, 5.41) is 0.708. The van der Waals surface area contributed by atoms with Crippen molar-refractivity contribution in [3.63, 3.8) is 0 Å². The van der Waals surface area contributed by atoms with Crippen LogP contribution in [0.3, 0.4) is 0 Å². The smallest absolute Gasteiger partial charge is 0.130 e. The molecule has 2 N–H and O–H groups in total. The molecule has 0 aliphatic carbocycles. The SMILES string of the molecule is Cc1cc(Cl)ccc1Oc1ccc(CN)c(Br)c1. The average Bonchev–Trinajstić information content (AvgIpc) is 2.33. The topological polar surface area (TPSA) is 35.2 Å². The summed E-state index contributed by atoms with van der Waals surface area (Å²) in [5.41, 5.74) is 7.66. The Morgan fingerprint density at radius 2 is 2.00 bits per heavy atom. The Morgan fingerprint density at radius 3 is 2.61 bits per heavy atom. The molecule has 2 rings (SSSR count). The molecular formula is C14H13BrClNO. The predicted octanol–water partition coefficient (Wildman–Crippen LogP) is 4.66. The quantitative estimate of drug-likeness (QED) is 0.890. The average molecular weight is 327 g/mol. The maximum Gasteiger partial charge on any atom is 0.130 e. The van der Waals surface area contributed by atoms with Crippen molar-refractivity contribution in [2.45, 2.75) is 13.5 Å². The highest BCUT2D eigenvalue weighted by molar-refractivity contribution is 9.10. The molecule has 0 fully saturated rings. The van der Waals surface area contributed by atoms with Crippen LogP contribution in [0.25, 0.3) is 0 Å². The summed E-state index contributed by atoms with van der Waals surface area (Å²) in [7, 11) is 0. The zero-order valence-corrected chi connectivity index (χ0v) is 12.3. The second-order valence-corrected chi connectivity index (χ2v) is 5.26. The Labute approximate surface area is 120 Å². The number of ether oxygens (including phenoxy) is 1. The molecule has 4 heteroatoms. The lowest BCUT2D eigenvalue weighted by Gasteiger charge is -2.10. The van der Waals surface area contributed by atoms with Gasteiger partial charge in [-0.2, -0.15) is 0 Å². The second-order valence-electron chi connectivity index (χ2n) is 3.97. The van der Waals surface area contributed by atoms with E-state index >= 15 is 0 Å². The molecule has 0 atom stereocenters. The highest BCUT2D eigenvalue weighted by atomic mass is 79.9. The van der Waals surface area contributed by atoms with Crippen molar-refractivity contribution in [1.29, 1.82) is 0 Å². The minimum absolute atomic E-state index is 0.501. The lowest BCUT2D eigenvalue weighted by atomic mass is 10.2. The van der Waals surface area contributed by atoms with E-state index in [1.807, 2.05) is 43.3 Å². The van der Waals surface area contributed by atoms with Crippen LogP contribution in [-0.4, -0.2) is 0 Å². The normalized spacial score (nSPS) is 10.4. The van der Waals surface area contributed by atoms with E-state index in [4.69, 9.17) is 22.1 Å². The van der Waals surface area contributed by atoms with Crippen molar-refractivity contribution in [1.82, 2.24) is 0 Å². The van der Waals surface area contributed by atoms with E-state index in [2.05, 4.69) is 15.9 Å². The molecule has 0 aliphatic heterocycles. The van der Waals surface area contributed by atoms with E-state index in [0.717, 1.165) is 27.1 Å². The van der Waals surface area contributed by atoms with Gasteiger partial charge in [-0.25, -0.2) is 0 Å². The molecule has 0 amide bonds. The summed E-state index contributed by atoms with van der Waals surface area (Å²) in [6.45, 7) is 2.46. The maximum absolute atomic E-state index is 5.91. The minimum Gasteiger partial charge on any atom is -0.457 e. The zero-order chi connectivity index (χ0) is 13.1. The van der Waals surface area contributed by atoms with Gasteiger partial charge in [0.05, 0.1) is 0 Å². The van der Waals surface area contributed by atoms with E-state index < -0.39 is 0 Å². The van der Waals surface area contributed by atoms with Gasteiger partial charge in [0.2, 0.25) is 0 Å². The lowest BCUT2D eigenvalue weighted by Crippen LogP contribution is -1.97. The first-order valence-corrected chi connectivity index (χ1v) is 6.70. The first-order chi connectivity index (χ1) is 8.60. The van der Waals surface area contributed by atoms with Crippen LogP contribution in [0.4, 0.5) is 0 Å². The number of hydrogen-bond acceptors (Lipinski definition) is 2. The highest BCUT2D eigenvalue weighted by Crippen LogP contribution is 2.30. The van der Waals surface area contributed by atoms with Crippen LogP contribution >= 0.6 is 27.5 Å². The molecule has 2 aromatic rings. The zero-order valence-electron chi connectivity index (χ0n) is 9.91. The number of aryl methyl sites for hydroxylation is 1. The van der Waals surface area contributed by atoms with Gasteiger partial charge in [-0.1, -0.05) is 33.6 Å². The summed E-state index contributed by atoms with van der Waals surface area (Å²) in [4.78, 5) is 0. The molecule has 18 heavy (non-hydrogen) atoms. The molecule has 94 valence electrons. The van der Waals surface area contributed by atoms with Crippen molar-refractivity contribution in [2.24, 2.45) is 5.73 Å². The van der Waals surface area contributed by atoms with Crippen molar-refractivity contribution >= 4 is 27.5 Å². The molecule has 0 bridgehead atoms. The number of benzene rings is 2. The maximum atomic E-state index is 5.91. The molecule has 0 saturated heterocycles. The van der Waals surface area contributed by atoms with Gasteiger partial charge in [-0.15, -0.1) is 0 Å². The van der Waals surface area contributed by atoms with Crippen LogP contribution < -0.4 is 10.5 Å². The molecule has 0 saturated carbocycles. The van der Waals surface area contributed by atoms with E-state index in [-0.39, 0.29) is 0 Å². The third-order valence-electron chi connectivity index (χ3n) is 2.61. The number of nitrogens with two attached hydrogens (primary N) is 1. The molecule has 0 spiro atoms. The van der Waals surface area contributed by atoms with Gasteiger partial charge in [-0.05, 0) is 48.4 Å². The van der Waals surface area contributed by atoms with E-state index in [1.165, 1.54) is 0 Å². The second kappa shape index (κ2) is 5.74. The Hall–Kier alpha value is -1.03. The monoisotopic (exact) mass is 325 g/mol. The molecule has 0 aliphatic rings. The van der Waals surface area contributed by atoms with Crippen molar-refractivity contribution in [2.75, 3.05) is 0 Å². The van der Waals surface area contributed by atoms with Crippen LogP contribution in [0.2, 0.25) is 5.02 Å². The largest absolute Gasteiger partial charge is 0.457 e. The van der Waals surface area contributed by atoms with Gasteiger partial charge < -0.3 is 10.5 Å². The Balaban J connectivity index is 2.26. The molecule has 0 heterocycles. The molecule has 0 unspecified atom stereocenters. The van der Waals surface area contributed by atoms with Gasteiger partial charge in [0, 0.05) is 16.0 Å². The summed E-state index contributed by atoms with van der Waals surface area (Å²) in [6, 6.07) is 11.3. The van der Waals surface area contributed by atoms with Crippen LogP contribution in [0.5, 0.6) is 11.5 Å². The lowest BCUT2D eigenvalue weighted by molar-refractivity contribution is 0.478. The summed E-state index contributed by atoms with van der Waals surface area (Å²) in [6.07, 6.45) is 0. The Morgan fingerprint density at radius 1 is 1.22 bits per heavy atom. The summed E-state index contributed by atoms with van der Waals surface area (Å²) in [5.74, 6) is 1.57. The number of halogens is 2. The van der Waals surface area contributed by atoms with Gasteiger partial charge >= 0.3 is 0 Å². The van der Waals surface area contributed by atoms with Gasteiger partial charge in [0.1, 0.15) is 11.5 Å². The van der Waals surface area contributed by atoms with Crippen molar-refractivity contribution < 1.29 is 4.74 Å². The van der Waals surface area contributed by atoms with Crippen molar-refractivity contribution in [3.8, 4) is 11.5 Å². The van der Waals surface area contributed by atoms with Crippen LogP contribution in [0.1, 0.15) is 11.1 Å². The molecule has 0 aromatic heterocycles. The van der Waals surface area contributed by atoms with Crippen LogP contribution in [-0.2, 0) is 6.54 Å². The predicted molar refractivity (Wildman–Crippen MR) is 78.3 cm³/mol. The fourth-order valence-corrected chi connectivity index (χ4v) is 2.36. The van der Waals surface area contributed by atoms with E-state index in [9.17, 15) is 0 Å². The van der Waals surface area contributed by atoms with E-state index in [0.29, 0.717) is 11.6 Å². The fourth-order valence-electron chi connectivity index (χ4n) is 1.61. The van der Waals surface area contributed by atoms with Gasteiger partial charge in [0.15, 0.2) is 0 Å². The third kappa shape index (κ3) is 3.05. The molecule has 0 radical (unpaired) electrons. The summed E-state index contributed by atoms with van der Waals surface area (Å²) < 4.78 is 6.77.